The number of anilines is 1. The van der Waals surface area contributed by atoms with Crippen LogP contribution < -0.4 is 20.2 Å². The Labute approximate surface area is 205 Å². The van der Waals surface area contributed by atoms with E-state index < -0.39 is 17.8 Å². The van der Waals surface area contributed by atoms with Crippen LogP contribution in [-0.4, -0.2) is 31.1 Å². The number of rotatable bonds is 6. The van der Waals surface area contributed by atoms with Gasteiger partial charge in [-0.2, -0.15) is 5.10 Å². The summed E-state index contributed by atoms with van der Waals surface area (Å²) in [4.78, 5) is 36.5. The van der Waals surface area contributed by atoms with Gasteiger partial charge in [-0.3, -0.25) is 9.59 Å². The molecule has 0 saturated heterocycles. The number of carbonyl (C=O) groups is 3. The van der Waals surface area contributed by atoms with Crippen LogP contribution >= 0.6 is 23.2 Å². The zero-order valence-electron chi connectivity index (χ0n) is 18.1. The Kier molecular flexibility index (Phi) is 8.24. The van der Waals surface area contributed by atoms with Crippen molar-refractivity contribution in [3.63, 3.8) is 0 Å². The molecule has 174 valence electrons. The van der Waals surface area contributed by atoms with Crippen LogP contribution in [0.4, 0.5) is 5.69 Å². The Hall–Kier alpha value is -3.88. The Morgan fingerprint density at radius 3 is 2.38 bits per heavy atom. The van der Waals surface area contributed by atoms with Crippen LogP contribution in [0.5, 0.6) is 11.5 Å². The number of benzene rings is 3. The van der Waals surface area contributed by atoms with Crippen molar-refractivity contribution in [1.82, 2.24) is 5.43 Å². The second-order valence-corrected chi connectivity index (χ2v) is 7.66. The predicted molar refractivity (Wildman–Crippen MR) is 130 cm³/mol. The van der Waals surface area contributed by atoms with Crippen LogP contribution in [0.25, 0.3) is 0 Å². The van der Waals surface area contributed by atoms with Crippen LogP contribution in [-0.2, 0) is 9.59 Å². The fraction of sp³-hybridized carbons (Fsp3) is 0.0833. The first-order valence-electron chi connectivity index (χ1n) is 9.84. The predicted octanol–water partition coefficient (Wildman–Crippen LogP) is 4.62. The number of hydrogen-bond donors (Lipinski definition) is 2. The van der Waals surface area contributed by atoms with Gasteiger partial charge >= 0.3 is 17.8 Å². The van der Waals surface area contributed by atoms with Gasteiger partial charge in [0, 0.05) is 10.7 Å². The summed E-state index contributed by atoms with van der Waals surface area (Å²) in [5.74, 6) is -2.08. The lowest BCUT2D eigenvalue weighted by atomic mass is 10.2. The van der Waals surface area contributed by atoms with E-state index in [1.807, 2.05) is 0 Å². The molecule has 0 saturated carbocycles. The third kappa shape index (κ3) is 6.12. The number of esters is 1. The molecule has 2 N–H and O–H groups in total. The van der Waals surface area contributed by atoms with E-state index >= 15 is 0 Å². The van der Waals surface area contributed by atoms with Gasteiger partial charge in [0.15, 0.2) is 11.5 Å². The maximum absolute atomic E-state index is 12.4. The van der Waals surface area contributed by atoms with Crippen LogP contribution in [0.15, 0.2) is 65.8 Å². The van der Waals surface area contributed by atoms with Crippen molar-refractivity contribution < 1.29 is 23.9 Å². The van der Waals surface area contributed by atoms with Crippen LogP contribution in [0.2, 0.25) is 10.0 Å². The van der Waals surface area contributed by atoms with E-state index in [0.29, 0.717) is 21.8 Å². The van der Waals surface area contributed by atoms with Crippen molar-refractivity contribution >= 4 is 52.9 Å². The number of ether oxygens (including phenoxy) is 2. The van der Waals surface area contributed by atoms with E-state index in [4.69, 9.17) is 32.7 Å². The maximum atomic E-state index is 12.4. The van der Waals surface area contributed by atoms with Gasteiger partial charge in [0.2, 0.25) is 0 Å². The largest absolute Gasteiger partial charge is 0.493 e. The number of nitrogens with zero attached hydrogens (tertiary/aromatic N) is 1. The molecule has 8 nitrogen and oxygen atoms in total. The van der Waals surface area contributed by atoms with Gasteiger partial charge in [0.05, 0.1) is 23.9 Å². The van der Waals surface area contributed by atoms with Crippen molar-refractivity contribution in [2.75, 3.05) is 12.4 Å². The van der Waals surface area contributed by atoms with Gasteiger partial charge < -0.3 is 14.8 Å². The molecule has 0 fully saturated rings. The summed E-state index contributed by atoms with van der Waals surface area (Å²) >= 11 is 12.0. The topological polar surface area (TPSA) is 106 Å². The molecule has 3 aromatic carbocycles. The summed E-state index contributed by atoms with van der Waals surface area (Å²) in [5.41, 5.74) is 3.93. The summed E-state index contributed by atoms with van der Waals surface area (Å²) in [6.07, 6.45) is 1.30. The number of amides is 2. The molecule has 10 heteroatoms. The molecular weight excluding hydrogens is 481 g/mol. The summed E-state index contributed by atoms with van der Waals surface area (Å²) in [7, 11) is 1.41. The first kappa shape index (κ1) is 24.8. The molecule has 2 amide bonds. The molecule has 0 aliphatic heterocycles. The monoisotopic (exact) mass is 499 g/mol. The van der Waals surface area contributed by atoms with Crippen LogP contribution in [0, 0.1) is 6.92 Å². The van der Waals surface area contributed by atoms with E-state index in [1.165, 1.54) is 19.4 Å². The molecule has 0 unspecified atom stereocenters. The van der Waals surface area contributed by atoms with E-state index in [-0.39, 0.29) is 22.1 Å². The average Bonchev–Trinajstić information content (AvgIpc) is 2.82. The minimum Gasteiger partial charge on any atom is -0.493 e. The number of methoxy groups -OCH3 is 1. The number of halogens is 2. The van der Waals surface area contributed by atoms with Crippen LogP contribution in [0.3, 0.4) is 0 Å². The molecule has 3 aromatic rings. The average molecular weight is 500 g/mol. The van der Waals surface area contributed by atoms with Crippen molar-refractivity contribution in [2.45, 2.75) is 6.92 Å². The molecule has 3 rings (SSSR count). The zero-order valence-corrected chi connectivity index (χ0v) is 19.6. The SMILES string of the molecule is COc1cc(/C=N\NC(=O)C(=O)Nc2cccc(Cl)c2C)ccc1OC(=O)c1ccccc1Cl. The fourth-order valence-corrected chi connectivity index (χ4v) is 3.16. The van der Waals surface area contributed by atoms with Crippen molar-refractivity contribution in [2.24, 2.45) is 5.10 Å². The summed E-state index contributed by atoms with van der Waals surface area (Å²) in [5, 5.41) is 6.98. The van der Waals surface area contributed by atoms with Crippen molar-refractivity contribution in [3.05, 3.63) is 87.4 Å². The van der Waals surface area contributed by atoms with E-state index in [1.54, 1.807) is 61.5 Å². The Balaban J connectivity index is 1.63. The fourth-order valence-electron chi connectivity index (χ4n) is 2.77. The highest BCUT2D eigenvalue weighted by atomic mass is 35.5. The molecule has 0 aromatic heterocycles. The third-order valence-corrected chi connectivity index (χ3v) is 5.32. The molecule has 34 heavy (non-hydrogen) atoms. The normalized spacial score (nSPS) is 10.6. The second-order valence-electron chi connectivity index (χ2n) is 6.85. The maximum Gasteiger partial charge on any atom is 0.345 e. The highest BCUT2D eigenvalue weighted by Crippen LogP contribution is 2.29. The van der Waals surface area contributed by atoms with Crippen molar-refractivity contribution in [3.8, 4) is 11.5 Å². The minimum atomic E-state index is -0.965. The van der Waals surface area contributed by atoms with E-state index in [9.17, 15) is 14.4 Å². The zero-order chi connectivity index (χ0) is 24.7. The molecule has 0 bridgehead atoms. The number of carbonyl (C=O) groups excluding carboxylic acids is 3. The lowest BCUT2D eigenvalue weighted by molar-refractivity contribution is -0.136. The van der Waals surface area contributed by atoms with E-state index in [0.717, 1.165) is 0 Å². The molecule has 0 heterocycles. The van der Waals surface area contributed by atoms with E-state index in [2.05, 4.69) is 15.8 Å². The van der Waals surface area contributed by atoms with Gasteiger partial charge in [-0.05, 0) is 60.5 Å². The van der Waals surface area contributed by atoms with Gasteiger partial charge in [-0.25, -0.2) is 10.2 Å². The standard InChI is InChI=1S/C24H19Cl2N3O5/c1-14-17(25)8-5-9-19(14)28-22(30)23(31)29-27-13-15-10-11-20(21(12-15)33-2)34-24(32)16-6-3-4-7-18(16)26/h3-13H,1-2H3,(H,28,30)(H,29,31)/b27-13-. The van der Waals surface area contributed by atoms with Gasteiger partial charge in [-0.15, -0.1) is 0 Å². The van der Waals surface area contributed by atoms with Crippen LogP contribution in [0.1, 0.15) is 21.5 Å². The lowest BCUT2D eigenvalue weighted by Gasteiger charge is -2.10. The van der Waals surface area contributed by atoms with Gasteiger partial charge in [-0.1, -0.05) is 41.4 Å². The highest BCUT2D eigenvalue weighted by Gasteiger charge is 2.16. The third-order valence-electron chi connectivity index (χ3n) is 4.59. The number of nitrogens with one attached hydrogen (secondary N) is 2. The second kappa shape index (κ2) is 11.3. The molecule has 0 aliphatic carbocycles. The minimum absolute atomic E-state index is 0.171. The Morgan fingerprint density at radius 1 is 0.912 bits per heavy atom. The molecule has 0 atom stereocenters. The highest BCUT2D eigenvalue weighted by molar-refractivity contribution is 6.40. The Morgan fingerprint density at radius 2 is 1.65 bits per heavy atom. The Bertz CT molecular complexity index is 1280. The molecule has 0 radical (unpaired) electrons. The molecular formula is C24H19Cl2N3O5. The quantitative estimate of drug-likeness (QED) is 0.169. The summed E-state index contributed by atoms with van der Waals surface area (Å²) < 4.78 is 10.7. The smallest absolute Gasteiger partial charge is 0.345 e. The van der Waals surface area contributed by atoms with Gasteiger partial charge in [0.25, 0.3) is 0 Å². The first-order valence-corrected chi connectivity index (χ1v) is 10.6. The van der Waals surface area contributed by atoms with Gasteiger partial charge in [0.1, 0.15) is 0 Å². The lowest BCUT2D eigenvalue weighted by Crippen LogP contribution is -2.32. The molecule has 0 spiro atoms. The number of hydrogen-bond acceptors (Lipinski definition) is 6. The molecule has 0 aliphatic rings. The summed E-state index contributed by atoms with van der Waals surface area (Å²) in [6.45, 7) is 1.72. The first-order chi connectivity index (χ1) is 16.3. The number of hydrazone groups is 1. The summed E-state index contributed by atoms with van der Waals surface area (Å²) in [6, 6.07) is 16.1. The van der Waals surface area contributed by atoms with Crippen molar-refractivity contribution in [1.29, 1.82) is 0 Å².